The summed E-state index contributed by atoms with van der Waals surface area (Å²) >= 11 is 0. The Labute approximate surface area is 170 Å². The van der Waals surface area contributed by atoms with Gasteiger partial charge in [-0.15, -0.1) is 0 Å². The number of ether oxygens (including phenoxy) is 6. The molecule has 0 saturated heterocycles. The minimum atomic E-state index is 0.473. The van der Waals surface area contributed by atoms with Gasteiger partial charge in [0.25, 0.3) is 0 Å². The molecule has 0 fully saturated rings. The van der Waals surface area contributed by atoms with E-state index in [0.717, 1.165) is 38.9 Å². The summed E-state index contributed by atoms with van der Waals surface area (Å²) < 4.78 is 33.5. The van der Waals surface area contributed by atoms with Gasteiger partial charge >= 0.3 is 0 Å². The van der Waals surface area contributed by atoms with Crippen LogP contribution in [0.15, 0.2) is 24.3 Å². The standard InChI is InChI=1S/C22H38O6/c1-3-5-11-23-13-15-25-17-19-27-21-9-7-8-10-22(21)28-20-18-26-16-14-24-12-6-4-2/h7-10H,3-6,11-20H2,1-2H3. The summed E-state index contributed by atoms with van der Waals surface area (Å²) in [6.45, 7) is 10.3. The fourth-order valence-electron chi connectivity index (χ4n) is 2.25. The Hall–Kier alpha value is -1.34. The summed E-state index contributed by atoms with van der Waals surface area (Å²) in [5.74, 6) is 1.43. The molecule has 0 saturated carbocycles. The van der Waals surface area contributed by atoms with E-state index in [2.05, 4.69) is 13.8 Å². The lowest BCUT2D eigenvalue weighted by atomic mass is 10.3. The Balaban J connectivity index is 2.06. The molecule has 6 heteroatoms. The van der Waals surface area contributed by atoms with E-state index < -0.39 is 0 Å². The predicted octanol–water partition coefficient (Wildman–Crippen LogP) is 4.11. The average Bonchev–Trinajstić information content (AvgIpc) is 2.72. The number of hydrogen-bond donors (Lipinski definition) is 0. The van der Waals surface area contributed by atoms with Gasteiger partial charge in [0.15, 0.2) is 11.5 Å². The zero-order valence-corrected chi connectivity index (χ0v) is 17.7. The Bertz CT molecular complexity index is 413. The number of unbranched alkanes of at least 4 members (excludes halogenated alkanes) is 2. The van der Waals surface area contributed by atoms with Crippen LogP contribution in [0.1, 0.15) is 39.5 Å². The molecular weight excluding hydrogens is 360 g/mol. The summed E-state index contributed by atoms with van der Waals surface area (Å²) in [7, 11) is 0. The third-order valence-corrected chi connectivity index (χ3v) is 3.85. The van der Waals surface area contributed by atoms with E-state index >= 15 is 0 Å². The summed E-state index contributed by atoms with van der Waals surface area (Å²) in [4.78, 5) is 0. The molecule has 162 valence electrons. The lowest BCUT2D eigenvalue weighted by Gasteiger charge is -2.13. The molecule has 0 atom stereocenters. The molecule has 0 aliphatic heterocycles. The molecular formula is C22H38O6. The second-order valence-electron chi connectivity index (χ2n) is 6.30. The highest BCUT2D eigenvalue weighted by molar-refractivity contribution is 5.39. The fraction of sp³-hybridized carbons (Fsp3) is 0.727. The van der Waals surface area contributed by atoms with E-state index in [-0.39, 0.29) is 0 Å². The summed E-state index contributed by atoms with van der Waals surface area (Å²) in [6, 6.07) is 7.64. The second-order valence-corrected chi connectivity index (χ2v) is 6.30. The first-order valence-electron chi connectivity index (χ1n) is 10.5. The first-order valence-corrected chi connectivity index (χ1v) is 10.5. The topological polar surface area (TPSA) is 55.4 Å². The van der Waals surface area contributed by atoms with Gasteiger partial charge in [0, 0.05) is 13.2 Å². The Morgan fingerprint density at radius 1 is 0.500 bits per heavy atom. The molecule has 0 N–H and O–H groups in total. The zero-order chi connectivity index (χ0) is 20.1. The van der Waals surface area contributed by atoms with Crippen LogP contribution < -0.4 is 9.47 Å². The average molecular weight is 399 g/mol. The largest absolute Gasteiger partial charge is 0.487 e. The maximum absolute atomic E-state index is 5.76. The Morgan fingerprint density at radius 3 is 1.25 bits per heavy atom. The molecule has 0 amide bonds. The van der Waals surface area contributed by atoms with Crippen molar-refractivity contribution in [3.8, 4) is 11.5 Å². The highest BCUT2D eigenvalue weighted by atomic mass is 16.6. The van der Waals surface area contributed by atoms with Gasteiger partial charge in [-0.2, -0.15) is 0 Å². The van der Waals surface area contributed by atoms with Crippen LogP contribution in [0.25, 0.3) is 0 Å². The van der Waals surface area contributed by atoms with Crippen molar-refractivity contribution in [3.05, 3.63) is 24.3 Å². The van der Waals surface area contributed by atoms with E-state index in [1.54, 1.807) is 0 Å². The van der Waals surface area contributed by atoms with Crippen LogP contribution in [0.2, 0.25) is 0 Å². The van der Waals surface area contributed by atoms with Gasteiger partial charge in [-0.25, -0.2) is 0 Å². The zero-order valence-electron chi connectivity index (χ0n) is 17.7. The van der Waals surface area contributed by atoms with Crippen LogP contribution in [-0.2, 0) is 18.9 Å². The van der Waals surface area contributed by atoms with Crippen molar-refractivity contribution in [3.63, 3.8) is 0 Å². The van der Waals surface area contributed by atoms with Crippen molar-refractivity contribution in [2.45, 2.75) is 39.5 Å². The van der Waals surface area contributed by atoms with Crippen LogP contribution in [0.3, 0.4) is 0 Å². The monoisotopic (exact) mass is 398 g/mol. The molecule has 1 aromatic carbocycles. The van der Waals surface area contributed by atoms with Gasteiger partial charge in [0.2, 0.25) is 0 Å². The van der Waals surface area contributed by atoms with Crippen molar-refractivity contribution in [1.82, 2.24) is 0 Å². The van der Waals surface area contributed by atoms with Crippen LogP contribution in [0, 0.1) is 0 Å². The summed E-state index contributed by atoms with van der Waals surface area (Å²) in [5.41, 5.74) is 0. The molecule has 0 bridgehead atoms. The van der Waals surface area contributed by atoms with Crippen molar-refractivity contribution in [2.24, 2.45) is 0 Å². The Morgan fingerprint density at radius 2 is 0.857 bits per heavy atom. The molecule has 0 heterocycles. The Kier molecular flexibility index (Phi) is 16.8. The highest BCUT2D eigenvalue weighted by Crippen LogP contribution is 2.26. The minimum Gasteiger partial charge on any atom is -0.487 e. The number of benzene rings is 1. The van der Waals surface area contributed by atoms with Crippen LogP contribution in [0.5, 0.6) is 11.5 Å². The molecule has 1 rings (SSSR count). The molecule has 0 aromatic heterocycles. The number of rotatable bonds is 20. The van der Waals surface area contributed by atoms with Gasteiger partial charge in [-0.05, 0) is 25.0 Å². The molecule has 0 unspecified atom stereocenters. The third kappa shape index (κ3) is 13.8. The lowest BCUT2D eigenvalue weighted by molar-refractivity contribution is 0.0324. The number of hydrogen-bond acceptors (Lipinski definition) is 6. The molecule has 1 aromatic rings. The molecule has 28 heavy (non-hydrogen) atoms. The molecule has 6 nitrogen and oxygen atoms in total. The van der Waals surface area contributed by atoms with E-state index in [9.17, 15) is 0 Å². The maximum Gasteiger partial charge on any atom is 0.161 e. The van der Waals surface area contributed by atoms with Crippen molar-refractivity contribution in [2.75, 3.05) is 66.1 Å². The fourth-order valence-corrected chi connectivity index (χ4v) is 2.25. The minimum absolute atomic E-state index is 0.473. The molecule has 0 aliphatic rings. The van der Waals surface area contributed by atoms with Gasteiger partial charge in [-0.3, -0.25) is 0 Å². The van der Waals surface area contributed by atoms with Crippen LogP contribution in [-0.4, -0.2) is 66.1 Å². The molecule has 0 spiro atoms. The maximum atomic E-state index is 5.76. The first-order chi connectivity index (χ1) is 13.9. The molecule has 0 aliphatic carbocycles. The number of para-hydroxylation sites is 2. The summed E-state index contributed by atoms with van der Waals surface area (Å²) in [5, 5.41) is 0. The van der Waals surface area contributed by atoms with Gasteiger partial charge in [0.1, 0.15) is 13.2 Å². The quantitative estimate of drug-likeness (QED) is 0.308. The van der Waals surface area contributed by atoms with Gasteiger partial charge in [-0.1, -0.05) is 38.8 Å². The van der Waals surface area contributed by atoms with E-state index in [1.165, 1.54) is 0 Å². The van der Waals surface area contributed by atoms with Crippen molar-refractivity contribution < 1.29 is 28.4 Å². The van der Waals surface area contributed by atoms with Gasteiger partial charge < -0.3 is 28.4 Å². The first kappa shape index (κ1) is 24.7. The van der Waals surface area contributed by atoms with E-state index in [4.69, 9.17) is 28.4 Å². The summed E-state index contributed by atoms with van der Waals surface area (Å²) in [6.07, 6.45) is 4.49. The smallest absolute Gasteiger partial charge is 0.161 e. The molecule has 0 radical (unpaired) electrons. The van der Waals surface area contributed by atoms with Crippen molar-refractivity contribution in [1.29, 1.82) is 0 Å². The SMILES string of the molecule is CCCCOCCOCCOc1ccccc1OCCOCCOCCCC. The highest BCUT2D eigenvalue weighted by Gasteiger charge is 2.04. The normalized spacial score (nSPS) is 10.9. The predicted molar refractivity (Wildman–Crippen MR) is 111 cm³/mol. The third-order valence-electron chi connectivity index (χ3n) is 3.85. The van der Waals surface area contributed by atoms with E-state index in [0.29, 0.717) is 64.4 Å². The van der Waals surface area contributed by atoms with Crippen molar-refractivity contribution >= 4 is 0 Å². The van der Waals surface area contributed by atoms with Gasteiger partial charge in [0.05, 0.1) is 39.6 Å². The lowest BCUT2D eigenvalue weighted by Crippen LogP contribution is -2.13. The van der Waals surface area contributed by atoms with Crippen LogP contribution in [0.4, 0.5) is 0 Å². The van der Waals surface area contributed by atoms with Crippen LogP contribution >= 0.6 is 0 Å². The van der Waals surface area contributed by atoms with E-state index in [1.807, 2.05) is 24.3 Å². The second kappa shape index (κ2) is 19.0.